The van der Waals surface area contributed by atoms with Crippen molar-refractivity contribution in [2.24, 2.45) is 11.8 Å². The molecule has 0 spiro atoms. The Hall–Kier alpha value is -5.05. The number of carboxylic acids is 1. The quantitative estimate of drug-likeness (QED) is 0.0512. The number of nitrogens with zero attached hydrogens (tertiary/aromatic N) is 2. The highest BCUT2D eigenvalue weighted by Gasteiger charge is 2.43. The van der Waals surface area contributed by atoms with Crippen molar-refractivity contribution in [2.75, 3.05) is 11.9 Å². The maximum atomic E-state index is 13.9. The number of aromatic nitrogens is 1. The van der Waals surface area contributed by atoms with Crippen LogP contribution in [0.5, 0.6) is 11.5 Å². The van der Waals surface area contributed by atoms with E-state index < -0.39 is 44.2 Å². The molecule has 0 saturated heterocycles. The molecule has 0 saturated carbocycles. The molecule has 53 heavy (non-hydrogen) atoms. The highest BCUT2D eigenvalue weighted by molar-refractivity contribution is 7.53. The molecule has 2 aromatic carbocycles. The molecule has 3 atom stereocenters. The van der Waals surface area contributed by atoms with Gasteiger partial charge < -0.3 is 39.7 Å². The number of hydrogen-bond acceptors (Lipinski definition) is 9. The van der Waals surface area contributed by atoms with Gasteiger partial charge in [-0.05, 0) is 61.4 Å². The van der Waals surface area contributed by atoms with Gasteiger partial charge in [-0.25, -0.2) is 4.79 Å². The van der Waals surface area contributed by atoms with E-state index in [0.717, 1.165) is 5.56 Å². The Morgan fingerprint density at radius 3 is 2.23 bits per heavy atom. The lowest BCUT2D eigenvalue weighted by molar-refractivity contribution is -0.139. The van der Waals surface area contributed by atoms with Gasteiger partial charge >= 0.3 is 20.7 Å². The Balaban J connectivity index is 1.37. The molecule has 5 N–H and O–H groups in total. The van der Waals surface area contributed by atoms with Gasteiger partial charge in [0.1, 0.15) is 17.2 Å². The Kier molecular flexibility index (Phi) is 14.3. The second kappa shape index (κ2) is 18.6. The fourth-order valence-corrected chi connectivity index (χ4v) is 6.38. The molecule has 1 aliphatic heterocycles. The summed E-state index contributed by atoms with van der Waals surface area (Å²) in [5.41, 5.74) is 1.70. The second-order valence-corrected chi connectivity index (χ2v) is 15.0. The molecule has 3 amide bonds. The van der Waals surface area contributed by atoms with Crippen LogP contribution >= 0.6 is 7.60 Å². The third-order valence-corrected chi connectivity index (χ3v) is 9.57. The van der Waals surface area contributed by atoms with Crippen LogP contribution in [0.3, 0.4) is 0 Å². The van der Waals surface area contributed by atoms with E-state index in [1.807, 2.05) is 49.5 Å². The topological polar surface area (TPSA) is 222 Å². The van der Waals surface area contributed by atoms with Gasteiger partial charge in [-0.15, -0.1) is 0 Å². The van der Waals surface area contributed by atoms with Crippen LogP contribution in [-0.2, 0) is 30.2 Å². The minimum atomic E-state index is -5.09. The summed E-state index contributed by atoms with van der Waals surface area (Å²) in [6.45, 7) is 4.01. The molecule has 0 bridgehead atoms. The Labute approximate surface area is 307 Å². The first kappa shape index (κ1) is 40.7. The maximum absolute atomic E-state index is 13.9. The molecular weight excluding hydrogens is 706 g/mol. The summed E-state index contributed by atoms with van der Waals surface area (Å²) >= 11 is 0. The van der Waals surface area contributed by atoms with Crippen LogP contribution < -0.4 is 24.8 Å². The third kappa shape index (κ3) is 12.0. The van der Waals surface area contributed by atoms with Crippen molar-refractivity contribution >= 4 is 49.9 Å². The number of carboxylic acid groups (broad SMARTS) is 1. The first-order valence-corrected chi connectivity index (χ1v) is 18.9. The average molecular weight is 751 g/mol. The Morgan fingerprint density at radius 2 is 1.58 bits per heavy atom. The average Bonchev–Trinajstić information content (AvgIpc) is 3.55. The predicted octanol–water partition coefficient (Wildman–Crippen LogP) is 3.77. The predicted molar refractivity (Wildman–Crippen MR) is 195 cm³/mol. The number of hydrogen-bond donors (Lipinski definition) is 5. The van der Waals surface area contributed by atoms with Crippen molar-refractivity contribution in [3.63, 3.8) is 0 Å². The van der Waals surface area contributed by atoms with Gasteiger partial charge in [-0.3, -0.25) is 28.7 Å². The Bertz CT molecular complexity index is 1810. The lowest BCUT2D eigenvalue weighted by Crippen LogP contribution is -2.53. The van der Waals surface area contributed by atoms with Crippen LogP contribution in [0.25, 0.3) is 0 Å². The van der Waals surface area contributed by atoms with Crippen LogP contribution in [0.2, 0.25) is 0 Å². The number of unbranched alkanes of at least 4 members (excludes halogenated alkanes) is 1. The zero-order chi connectivity index (χ0) is 38.7. The number of pyridine rings is 1. The third-order valence-electron chi connectivity index (χ3n) is 8.55. The summed E-state index contributed by atoms with van der Waals surface area (Å²) < 4.78 is 23.6. The van der Waals surface area contributed by atoms with Gasteiger partial charge in [0, 0.05) is 50.2 Å². The van der Waals surface area contributed by atoms with Crippen molar-refractivity contribution in [1.29, 1.82) is 0 Å². The minimum absolute atomic E-state index is 0.0389. The van der Waals surface area contributed by atoms with Gasteiger partial charge in [0.2, 0.25) is 23.5 Å². The van der Waals surface area contributed by atoms with Gasteiger partial charge in [0.25, 0.3) is 0 Å². The van der Waals surface area contributed by atoms with Crippen molar-refractivity contribution in [3.05, 3.63) is 84.2 Å². The van der Waals surface area contributed by atoms with E-state index in [2.05, 4.69) is 10.3 Å². The molecular formula is C36H44BN4O11P. The van der Waals surface area contributed by atoms with Gasteiger partial charge in [0.05, 0.1) is 5.94 Å². The number of anilines is 1. The number of carbonyl (C=O) groups excluding carboxylic acids is 4. The molecule has 17 heteroatoms. The summed E-state index contributed by atoms with van der Waals surface area (Å²) in [5, 5.41) is 13.9. The van der Waals surface area contributed by atoms with E-state index >= 15 is 0 Å². The van der Waals surface area contributed by atoms with Gasteiger partial charge in [0.15, 0.2) is 5.78 Å². The van der Waals surface area contributed by atoms with Crippen molar-refractivity contribution in [1.82, 2.24) is 15.6 Å². The highest BCUT2D eigenvalue weighted by Crippen LogP contribution is 2.40. The number of aliphatic carboxylic acids is 1. The summed E-state index contributed by atoms with van der Waals surface area (Å²) in [6.07, 6.45) is 2.58. The number of benzene rings is 2. The monoisotopic (exact) mass is 750 g/mol. The number of nitrogens with one attached hydrogen (secondary N) is 2. The van der Waals surface area contributed by atoms with Crippen LogP contribution in [-0.4, -0.2) is 75.2 Å². The molecule has 0 aliphatic carbocycles. The number of rotatable bonds is 19. The largest absolute Gasteiger partial charge is 0.618 e. The second-order valence-electron chi connectivity index (χ2n) is 13.3. The molecule has 0 fully saturated rings. The van der Waals surface area contributed by atoms with E-state index in [1.165, 1.54) is 11.1 Å². The van der Waals surface area contributed by atoms with Crippen LogP contribution in [0.15, 0.2) is 72.9 Å². The molecule has 15 nitrogen and oxygen atoms in total. The zero-order valence-corrected chi connectivity index (χ0v) is 30.6. The molecule has 2 heterocycles. The maximum Gasteiger partial charge on any atom is 0.618 e. The van der Waals surface area contributed by atoms with Crippen LogP contribution in [0, 0.1) is 11.8 Å². The van der Waals surface area contributed by atoms with E-state index in [-0.39, 0.29) is 61.3 Å². The zero-order valence-electron chi connectivity index (χ0n) is 29.7. The fourth-order valence-electron chi connectivity index (χ4n) is 5.78. The summed E-state index contributed by atoms with van der Waals surface area (Å²) in [7, 11) is -4.40. The van der Waals surface area contributed by atoms with Gasteiger partial charge in [-0.2, -0.15) is 0 Å². The van der Waals surface area contributed by atoms with E-state index in [0.29, 0.717) is 30.0 Å². The van der Waals surface area contributed by atoms with Gasteiger partial charge in [-0.1, -0.05) is 50.2 Å². The molecule has 1 unspecified atom stereocenters. The van der Waals surface area contributed by atoms with Crippen molar-refractivity contribution in [3.8, 4) is 11.5 Å². The minimum Gasteiger partial charge on any atom is -0.522 e. The van der Waals surface area contributed by atoms with Crippen molar-refractivity contribution < 1.29 is 52.7 Å². The standard InChI is InChI=1S/C36H44BN4O11P/c1-23(2)19-31(39-34(45)25(20-24-11-5-4-6-12-24)21-28(42)27-13-9-10-18-38-27)37-51-29-17-16-26(22-30(29)52-37)41(3)33(44)15-8-7-14-32(43)40-35(36(46)47)53(48,49)50/h4-6,9-13,16-18,22-23,25,31,35H,7-8,14-15,19-21H2,1-3H3,(H,39,45)(H,40,43)(H,46,47)(H2,48,49,50)/t25-,31+,35?/m1/s1. The van der Waals surface area contributed by atoms with E-state index in [4.69, 9.17) is 24.2 Å². The normalized spacial score (nSPS) is 13.9. The summed E-state index contributed by atoms with van der Waals surface area (Å²) in [6, 6.07) is 19.5. The number of ketones is 1. The Morgan fingerprint density at radius 1 is 0.906 bits per heavy atom. The first-order valence-electron chi connectivity index (χ1n) is 17.2. The first-order chi connectivity index (χ1) is 25.1. The highest BCUT2D eigenvalue weighted by atomic mass is 31.2. The lowest BCUT2D eigenvalue weighted by Gasteiger charge is -2.24. The van der Waals surface area contributed by atoms with Crippen LogP contribution in [0.1, 0.15) is 68.4 Å². The van der Waals surface area contributed by atoms with Crippen molar-refractivity contribution in [2.45, 2.75) is 70.5 Å². The van der Waals surface area contributed by atoms with E-state index in [1.54, 1.807) is 43.4 Å². The van der Waals surface area contributed by atoms with Crippen LogP contribution in [0.4, 0.5) is 5.69 Å². The molecule has 1 aromatic heterocycles. The number of fused-ring (bicyclic) bond motifs is 1. The molecule has 282 valence electrons. The summed E-state index contributed by atoms with van der Waals surface area (Å²) in [4.78, 5) is 86.9. The SMILES string of the molecule is CC(C)C[C@H](NC(=O)[C@@H](CC(=O)c1ccccn1)Cc1ccccc1)B1Oc2ccc(N(C)C(=O)CCCCC(=O)NC(C(=O)O)P(=O)(O)O)cc2O1. The number of carbonyl (C=O) groups is 5. The number of Topliss-reactive ketones (excluding diaryl/α,β-unsaturated/α-hetero) is 1. The molecule has 3 aromatic rings. The fraction of sp³-hybridized carbons (Fsp3) is 0.389. The molecule has 0 radical (unpaired) electrons. The smallest absolute Gasteiger partial charge is 0.522 e. The van der Waals surface area contributed by atoms with E-state index in [9.17, 15) is 28.5 Å². The lowest BCUT2D eigenvalue weighted by atomic mass is 9.73. The number of amides is 3. The molecule has 1 aliphatic rings. The molecule has 4 rings (SSSR count). The summed E-state index contributed by atoms with van der Waals surface area (Å²) in [5.74, 6) is -6.22.